The normalized spacial score (nSPS) is 20.0. The molecule has 0 aliphatic carbocycles. The average molecular weight is 570 g/mol. The van der Waals surface area contributed by atoms with Crippen LogP contribution in [-0.2, 0) is 37.6 Å². The highest BCUT2D eigenvalue weighted by Gasteiger charge is 2.47. The van der Waals surface area contributed by atoms with E-state index in [4.69, 9.17) is 9.94 Å². The number of carbonyl (C=O) groups excluding carboxylic acids is 1. The van der Waals surface area contributed by atoms with Crippen molar-refractivity contribution in [2.75, 3.05) is 19.3 Å². The number of alkyl halides is 3. The van der Waals surface area contributed by atoms with Gasteiger partial charge in [-0.2, -0.15) is 21.8 Å². The van der Waals surface area contributed by atoms with Crippen molar-refractivity contribution in [3.8, 4) is 5.75 Å². The van der Waals surface area contributed by atoms with Gasteiger partial charge in [0.1, 0.15) is 24.2 Å². The second kappa shape index (κ2) is 10.5. The molecule has 2 atom stereocenters. The van der Waals surface area contributed by atoms with Crippen molar-refractivity contribution >= 4 is 26.0 Å². The van der Waals surface area contributed by atoms with Crippen molar-refractivity contribution in [1.82, 2.24) is 14.1 Å². The molecule has 0 aromatic heterocycles. The van der Waals surface area contributed by atoms with Crippen molar-refractivity contribution in [3.05, 3.63) is 59.4 Å². The summed E-state index contributed by atoms with van der Waals surface area (Å²) in [6, 6.07) is 3.70. The molecule has 1 aliphatic rings. The van der Waals surface area contributed by atoms with Crippen LogP contribution in [0.5, 0.6) is 5.75 Å². The van der Waals surface area contributed by atoms with E-state index in [0.29, 0.717) is 18.2 Å². The first-order valence-corrected chi connectivity index (χ1v) is 13.9. The number of hydroxylamine groups is 1. The number of carbonyl (C=O) groups is 1. The van der Waals surface area contributed by atoms with Crippen molar-refractivity contribution in [2.24, 2.45) is 0 Å². The number of nitrogens with one attached hydrogen (secondary N) is 1. The first-order valence-electron chi connectivity index (χ1n) is 10.6. The fourth-order valence-corrected chi connectivity index (χ4v) is 6.83. The van der Waals surface area contributed by atoms with Crippen LogP contribution in [0, 0.1) is 5.82 Å². The predicted molar refractivity (Wildman–Crippen MR) is 121 cm³/mol. The SMILES string of the molecule is CC1C(C(=O)NO)N(S(=O)(=O)c2ccc(OCc3cc(F)ccc3C(F)(F)F)cc2)CCN1S(C)(=O)=O. The lowest BCUT2D eigenvalue weighted by molar-refractivity contribution is -0.138. The summed E-state index contributed by atoms with van der Waals surface area (Å²) in [6.45, 7) is 0.0320. The van der Waals surface area contributed by atoms with Gasteiger partial charge in [0.2, 0.25) is 20.0 Å². The number of rotatable bonds is 7. The van der Waals surface area contributed by atoms with Gasteiger partial charge in [-0.15, -0.1) is 0 Å². The molecule has 1 fully saturated rings. The van der Waals surface area contributed by atoms with E-state index in [1.165, 1.54) is 12.4 Å². The smallest absolute Gasteiger partial charge is 0.416 e. The summed E-state index contributed by atoms with van der Waals surface area (Å²) in [5.41, 5.74) is -0.181. The van der Waals surface area contributed by atoms with Gasteiger partial charge in [-0.3, -0.25) is 10.0 Å². The van der Waals surface area contributed by atoms with Gasteiger partial charge in [0.25, 0.3) is 5.91 Å². The maximum Gasteiger partial charge on any atom is 0.416 e. The van der Waals surface area contributed by atoms with E-state index in [0.717, 1.165) is 39.1 Å². The van der Waals surface area contributed by atoms with Crippen LogP contribution in [0.3, 0.4) is 0 Å². The molecule has 1 aliphatic heterocycles. The Balaban J connectivity index is 1.84. The number of hydrogen-bond acceptors (Lipinski definition) is 7. The van der Waals surface area contributed by atoms with Crippen LogP contribution in [0.25, 0.3) is 0 Å². The van der Waals surface area contributed by atoms with Crippen molar-refractivity contribution in [2.45, 2.75) is 36.7 Å². The molecule has 1 saturated heterocycles. The Morgan fingerprint density at radius 1 is 1.08 bits per heavy atom. The number of ether oxygens (including phenoxy) is 1. The van der Waals surface area contributed by atoms with Gasteiger partial charge in [-0.1, -0.05) is 0 Å². The topological polar surface area (TPSA) is 133 Å². The second-order valence-electron chi connectivity index (χ2n) is 8.21. The molecule has 0 spiro atoms. The number of piperazine rings is 1. The van der Waals surface area contributed by atoms with Gasteiger partial charge in [0.15, 0.2) is 0 Å². The van der Waals surface area contributed by atoms with E-state index >= 15 is 0 Å². The van der Waals surface area contributed by atoms with Crippen molar-refractivity contribution < 1.29 is 49.1 Å². The molecule has 1 amide bonds. The maximum atomic E-state index is 13.5. The summed E-state index contributed by atoms with van der Waals surface area (Å²) < 4.78 is 111. The molecule has 2 N–H and O–H groups in total. The molecule has 0 saturated carbocycles. The minimum absolute atomic E-state index is 0.0174. The lowest BCUT2D eigenvalue weighted by atomic mass is 10.1. The molecule has 2 aromatic rings. The summed E-state index contributed by atoms with van der Waals surface area (Å²) >= 11 is 0. The molecule has 1 heterocycles. The zero-order valence-electron chi connectivity index (χ0n) is 19.4. The van der Waals surface area contributed by atoms with Crippen LogP contribution in [-0.4, -0.2) is 68.0 Å². The van der Waals surface area contributed by atoms with Crippen LogP contribution in [0.4, 0.5) is 17.6 Å². The van der Waals surface area contributed by atoms with E-state index in [2.05, 4.69) is 0 Å². The minimum atomic E-state index is -4.74. The lowest BCUT2D eigenvalue weighted by Crippen LogP contribution is -2.65. The third-order valence-corrected chi connectivity index (χ3v) is 9.03. The van der Waals surface area contributed by atoms with E-state index in [1.807, 2.05) is 0 Å². The Kier molecular flexibility index (Phi) is 8.19. The monoisotopic (exact) mass is 569 g/mol. The van der Waals surface area contributed by atoms with Crippen LogP contribution < -0.4 is 10.2 Å². The number of hydrogen-bond donors (Lipinski definition) is 2. The van der Waals surface area contributed by atoms with Gasteiger partial charge in [-0.25, -0.2) is 26.7 Å². The molecular weight excluding hydrogens is 546 g/mol. The number of halogens is 4. The molecule has 204 valence electrons. The first-order chi connectivity index (χ1) is 17.1. The highest BCUT2D eigenvalue weighted by molar-refractivity contribution is 7.89. The van der Waals surface area contributed by atoms with Gasteiger partial charge in [0, 0.05) is 24.7 Å². The summed E-state index contributed by atoms with van der Waals surface area (Å²) in [5, 5.41) is 9.12. The number of benzene rings is 2. The molecule has 3 rings (SSSR count). The third-order valence-electron chi connectivity index (χ3n) is 5.76. The van der Waals surface area contributed by atoms with Gasteiger partial charge in [-0.05, 0) is 49.4 Å². The number of nitrogens with zero attached hydrogens (tertiary/aromatic N) is 2. The zero-order chi connectivity index (χ0) is 27.8. The maximum absolute atomic E-state index is 13.5. The largest absolute Gasteiger partial charge is 0.489 e. The van der Waals surface area contributed by atoms with E-state index < -0.39 is 74.3 Å². The van der Waals surface area contributed by atoms with Crippen LogP contribution >= 0.6 is 0 Å². The Morgan fingerprint density at radius 3 is 2.22 bits per heavy atom. The van der Waals surface area contributed by atoms with Crippen LogP contribution in [0.1, 0.15) is 18.1 Å². The number of sulfonamides is 2. The molecule has 2 unspecified atom stereocenters. The summed E-state index contributed by atoms with van der Waals surface area (Å²) in [7, 11) is -8.19. The van der Waals surface area contributed by atoms with Gasteiger partial charge in [0.05, 0.1) is 16.7 Å². The Bertz CT molecular complexity index is 1370. The summed E-state index contributed by atoms with van der Waals surface area (Å²) in [5.74, 6) is -2.05. The molecule has 10 nitrogen and oxygen atoms in total. The lowest BCUT2D eigenvalue weighted by Gasteiger charge is -2.42. The van der Waals surface area contributed by atoms with Crippen molar-refractivity contribution in [1.29, 1.82) is 0 Å². The fraction of sp³-hybridized carbons (Fsp3) is 0.381. The van der Waals surface area contributed by atoms with Crippen molar-refractivity contribution in [3.63, 3.8) is 0 Å². The summed E-state index contributed by atoms with van der Waals surface area (Å²) in [4.78, 5) is 12.0. The first kappa shape index (κ1) is 28.8. The van der Waals surface area contributed by atoms with Crippen LogP contribution in [0.2, 0.25) is 0 Å². The second-order valence-corrected chi connectivity index (χ2v) is 12.0. The third kappa shape index (κ3) is 6.20. The molecule has 0 bridgehead atoms. The van der Waals surface area contributed by atoms with Gasteiger partial charge >= 0.3 is 6.18 Å². The molecular formula is C21H23F4N3O7S2. The minimum Gasteiger partial charge on any atom is -0.489 e. The molecule has 16 heteroatoms. The van der Waals surface area contributed by atoms with E-state index in [-0.39, 0.29) is 17.2 Å². The standard InChI is InChI=1S/C21H23F4N3O7S2/c1-13-19(20(29)26-30)28(10-9-27(13)36(2,31)32)37(33,34)17-6-4-16(5-7-17)35-12-14-11-15(22)3-8-18(14)21(23,24)25/h3-8,11,13,19,30H,9-10,12H2,1-2H3,(H,26,29). The number of amides is 1. The molecule has 2 aromatic carbocycles. The Morgan fingerprint density at radius 2 is 1.68 bits per heavy atom. The van der Waals surface area contributed by atoms with E-state index in [9.17, 15) is 39.2 Å². The molecule has 37 heavy (non-hydrogen) atoms. The predicted octanol–water partition coefficient (Wildman–Crippen LogP) is 1.95. The highest BCUT2D eigenvalue weighted by atomic mass is 32.2. The summed E-state index contributed by atoms with van der Waals surface area (Å²) in [6.07, 6.45) is -3.83. The fourth-order valence-electron chi connectivity index (χ4n) is 4.05. The average Bonchev–Trinajstić information content (AvgIpc) is 2.80. The van der Waals surface area contributed by atoms with Gasteiger partial charge < -0.3 is 4.74 Å². The highest BCUT2D eigenvalue weighted by Crippen LogP contribution is 2.33. The quantitative estimate of drug-likeness (QED) is 0.296. The molecule has 0 radical (unpaired) electrons. The van der Waals surface area contributed by atoms with E-state index in [1.54, 1.807) is 0 Å². The Labute approximate surface area is 210 Å². The van der Waals surface area contributed by atoms with Crippen LogP contribution in [0.15, 0.2) is 47.4 Å². The Hall–Kier alpha value is -2.79. The zero-order valence-corrected chi connectivity index (χ0v) is 21.1.